The lowest BCUT2D eigenvalue weighted by Crippen LogP contribution is -2.01. The van der Waals surface area contributed by atoms with Crippen LogP contribution in [0.15, 0.2) is 24.3 Å². The number of carboxylic acid groups (broad SMARTS) is 1. The van der Waals surface area contributed by atoms with Gasteiger partial charge in [0.05, 0.1) is 5.69 Å². The smallest absolute Gasteiger partial charge is 0.356 e. The molecule has 0 aliphatic rings. The van der Waals surface area contributed by atoms with Crippen LogP contribution in [-0.2, 0) is 7.05 Å². The number of benzene rings is 1. The van der Waals surface area contributed by atoms with Crippen LogP contribution in [0, 0.1) is 13.8 Å². The van der Waals surface area contributed by atoms with Crippen molar-refractivity contribution in [3.8, 4) is 11.3 Å². The highest BCUT2D eigenvalue weighted by atomic mass is 16.4. The fourth-order valence-corrected chi connectivity index (χ4v) is 1.88. The van der Waals surface area contributed by atoms with Crippen molar-refractivity contribution in [3.05, 3.63) is 41.3 Å². The molecule has 4 heteroatoms. The van der Waals surface area contributed by atoms with Gasteiger partial charge in [0.25, 0.3) is 0 Å². The van der Waals surface area contributed by atoms with Crippen LogP contribution < -0.4 is 0 Å². The lowest BCUT2D eigenvalue weighted by molar-refractivity contribution is 0.0692. The summed E-state index contributed by atoms with van der Waals surface area (Å²) in [4.78, 5) is 15.2. The summed E-state index contributed by atoms with van der Waals surface area (Å²) in [6.45, 7) is 3.78. The van der Waals surface area contributed by atoms with Crippen molar-refractivity contribution in [2.45, 2.75) is 13.8 Å². The van der Waals surface area contributed by atoms with Gasteiger partial charge in [0, 0.05) is 12.6 Å². The van der Waals surface area contributed by atoms with Gasteiger partial charge >= 0.3 is 5.97 Å². The molecule has 17 heavy (non-hydrogen) atoms. The Morgan fingerprint density at radius 1 is 1.35 bits per heavy atom. The first-order valence-corrected chi connectivity index (χ1v) is 5.34. The van der Waals surface area contributed by atoms with Crippen LogP contribution >= 0.6 is 0 Å². The van der Waals surface area contributed by atoms with E-state index in [0.29, 0.717) is 11.5 Å². The third-order valence-electron chi connectivity index (χ3n) is 2.81. The number of nitrogens with zero attached hydrogens (tertiary/aromatic N) is 2. The Balaban J connectivity index is 2.70. The molecule has 0 unspecified atom stereocenters. The van der Waals surface area contributed by atoms with Crippen LogP contribution in [0.25, 0.3) is 11.3 Å². The minimum absolute atomic E-state index is 0.107. The summed E-state index contributed by atoms with van der Waals surface area (Å²) >= 11 is 0. The number of hydrogen-bond donors (Lipinski definition) is 1. The summed E-state index contributed by atoms with van der Waals surface area (Å²) in [5.74, 6) is -0.302. The molecule has 0 radical (unpaired) electrons. The average Bonchev–Trinajstić information content (AvgIpc) is 2.56. The predicted molar refractivity (Wildman–Crippen MR) is 65.1 cm³/mol. The van der Waals surface area contributed by atoms with Crippen LogP contribution in [0.5, 0.6) is 0 Å². The Labute approximate surface area is 99.5 Å². The number of aryl methyl sites for hydroxylation is 2. The summed E-state index contributed by atoms with van der Waals surface area (Å²) in [7, 11) is 1.83. The molecule has 4 nitrogen and oxygen atoms in total. The number of aromatic carboxylic acids is 1. The molecule has 0 saturated carbocycles. The minimum atomic E-state index is -0.995. The lowest BCUT2D eigenvalue weighted by atomic mass is 10.1. The predicted octanol–water partition coefficient (Wildman–Crippen LogP) is 2.40. The molecule has 2 aromatic rings. The van der Waals surface area contributed by atoms with E-state index in [-0.39, 0.29) is 5.69 Å². The van der Waals surface area contributed by atoms with Gasteiger partial charge in [-0.25, -0.2) is 9.78 Å². The van der Waals surface area contributed by atoms with Gasteiger partial charge in [-0.15, -0.1) is 0 Å². The van der Waals surface area contributed by atoms with Crippen molar-refractivity contribution < 1.29 is 9.90 Å². The summed E-state index contributed by atoms with van der Waals surface area (Å²) in [6, 6.07) is 7.75. The molecular formula is C13H14N2O2. The largest absolute Gasteiger partial charge is 0.476 e. The number of hydrogen-bond acceptors (Lipinski definition) is 2. The average molecular weight is 230 g/mol. The fourth-order valence-electron chi connectivity index (χ4n) is 1.88. The van der Waals surface area contributed by atoms with E-state index in [1.54, 1.807) is 11.5 Å². The zero-order valence-electron chi connectivity index (χ0n) is 10.1. The zero-order chi connectivity index (χ0) is 12.6. The monoisotopic (exact) mass is 230 g/mol. The SMILES string of the molecule is Cc1cccc(-c2c(C(=O)O)nc(C)n2C)c1. The number of carbonyl (C=O) groups is 1. The molecule has 0 atom stereocenters. The highest BCUT2D eigenvalue weighted by Gasteiger charge is 2.19. The maximum atomic E-state index is 11.2. The molecule has 1 aromatic carbocycles. The fraction of sp³-hybridized carbons (Fsp3) is 0.231. The van der Waals surface area contributed by atoms with E-state index >= 15 is 0 Å². The Morgan fingerprint density at radius 3 is 2.65 bits per heavy atom. The van der Waals surface area contributed by atoms with Crippen molar-refractivity contribution in [1.29, 1.82) is 0 Å². The zero-order valence-corrected chi connectivity index (χ0v) is 10.1. The first kappa shape index (κ1) is 11.4. The first-order valence-electron chi connectivity index (χ1n) is 5.34. The van der Waals surface area contributed by atoms with E-state index in [0.717, 1.165) is 11.1 Å². The second kappa shape index (κ2) is 4.05. The minimum Gasteiger partial charge on any atom is -0.476 e. The van der Waals surface area contributed by atoms with E-state index < -0.39 is 5.97 Å². The normalized spacial score (nSPS) is 10.5. The quantitative estimate of drug-likeness (QED) is 0.861. The van der Waals surface area contributed by atoms with Gasteiger partial charge in [0.15, 0.2) is 5.69 Å². The van der Waals surface area contributed by atoms with Gasteiger partial charge < -0.3 is 9.67 Å². The van der Waals surface area contributed by atoms with Crippen molar-refractivity contribution in [3.63, 3.8) is 0 Å². The first-order chi connectivity index (χ1) is 8.00. The van der Waals surface area contributed by atoms with Gasteiger partial charge in [0.1, 0.15) is 5.82 Å². The molecule has 0 fully saturated rings. The molecule has 2 rings (SSSR count). The van der Waals surface area contributed by atoms with Crippen molar-refractivity contribution in [1.82, 2.24) is 9.55 Å². The molecule has 0 aliphatic heterocycles. The Bertz CT molecular complexity index is 585. The van der Waals surface area contributed by atoms with Crippen LogP contribution in [0.1, 0.15) is 21.9 Å². The van der Waals surface area contributed by atoms with E-state index in [1.165, 1.54) is 0 Å². The van der Waals surface area contributed by atoms with Crippen LogP contribution in [0.2, 0.25) is 0 Å². The van der Waals surface area contributed by atoms with Crippen molar-refractivity contribution in [2.24, 2.45) is 7.05 Å². The third kappa shape index (κ3) is 1.93. The summed E-state index contributed by atoms with van der Waals surface area (Å²) < 4.78 is 1.80. The molecule has 1 N–H and O–H groups in total. The van der Waals surface area contributed by atoms with Crippen molar-refractivity contribution >= 4 is 5.97 Å². The topological polar surface area (TPSA) is 55.1 Å². The molecule has 0 spiro atoms. The molecule has 0 aliphatic carbocycles. The number of imidazole rings is 1. The Kier molecular flexibility index (Phi) is 2.71. The second-order valence-corrected chi connectivity index (χ2v) is 4.09. The Morgan fingerprint density at radius 2 is 2.06 bits per heavy atom. The molecular weight excluding hydrogens is 216 g/mol. The molecule has 1 aromatic heterocycles. The van der Waals surface area contributed by atoms with Crippen LogP contribution in [-0.4, -0.2) is 20.6 Å². The number of aromatic nitrogens is 2. The van der Waals surface area contributed by atoms with Gasteiger partial charge in [-0.2, -0.15) is 0 Å². The van der Waals surface area contributed by atoms with Gasteiger partial charge in [-0.3, -0.25) is 0 Å². The number of carboxylic acids is 1. The highest BCUT2D eigenvalue weighted by Crippen LogP contribution is 2.25. The standard InChI is InChI=1S/C13H14N2O2/c1-8-5-4-6-10(7-8)12-11(13(16)17)14-9(2)15(12)3/h4-7H,1-3H3,(H,16,17). The van der Waals surface area contributed by atoms with Gasteiger partial charge in [-0.1, -0.05) is 23.8 Å². The molecule has 0 bridgehead atoms. The molecule has 0 saturated heterocycles. The van der Waals surface area contributed by atoms with E-state index in [9.17, 15) is 4.79 Å². The maximum absolute atomic E-state index is 11.2. The summed E-state index contributed by atoms with van der Waals surface area (Å²) in [5, 5.41) is 9.16. The van der Waals surface area contributed by atoms with Crippen LogP contribution in [0.4, 0.5) is 0 Å². The van der Waals surface area contributed by atoms with Gasteiger partial charge in [-0.05, 0) is 19.9 Å². The van der Waals surface area contributed by atoms with E-state index in [1.807, 2.05) is 38.2 Å². The molecule has 1 heterocycles. The lowest BCUT2D eigenvalue weighted by Gasteiger charge is -2.06. The van der Waals surface area contributed by atoms with E-state index in [4.69, 9.17) is 5.11 Å². The molecule has 88 valence electrons. The number of rotatable bonds is 2. The third-order valence-corrected chi connectivity index (χ3v) is 2.81. The maximum Gasteiger partial charge on any atom is 0.356 e. The van der Waals surface area contributed by atoms with E-state index in [2.05, 4.69) is 4.98 Å². The highest BCUT2D eigenvalue weighted by molar-refractivity contribution is 5.93. The van der Waals surface area contributed by atoms with Gasteiger partial charge in [0.2, 0.25) is 0 Å². The summed E-state index contributed by atoms with van der Waals surface area (Å²) in [5.41, 5.74) is 2.73. The molecule has 0 amide bonds. The second-order valence-electron chi connectivity index (χ2n) is 4.09. The summed E-state index contributed by atoms with van der Waals surface area (Å²) in [6.07, 6.45) is 0. The van der Waals surface area contributed by atoms with Crippen molar-refractivity contribution in [2.75, 3.05) is 0 Å². The Hall–Kier alpha value is -2.10. The van der Waals surface area contributed by atoms with Crippen LogP contribution in [0.3, 0.4) is 0 Å².